The first-order chi connectivity index (χ1) is 8.60. The molecular formula is C13H12ClNO3. The predicted octanol–water partition coefficient (Wildman–Crippen LogP) is 2.75. The maximum atomic E-state index is 11.1. The Kier molecular flexibility index (Phi) is 3.67. The van der Waals surface area contributed by atoms with Crippen molar-refractivity contribution in [2.24, 2.45) is 0 Å². The molecule has 0 fully saturated rings. The highest BCUT2D eigenvalue weighted by atomic mass is 35.5. The average Bonchev–Trinajstić information content (AvgIpc) is 2.34. The second-order valence-electron chi connectivity index (χ2n) is 3.79. The predicted molar refractivity (Wildman–Crippen MR) is 69.0 cm³/mol. The van der Waals surface area contributed by atoms with Gasteiger partial charge in [-0.15, -0.1) is 0 Å². The monoisotopic (exact) mass is 265 g/mol. The fourth-order valence-electron chi connectivity index (χ4n) is 1.61. The summed E-state index contributed by atoms with van der Waals surface area (Å²) in [6.07, 6.45) is 0. The van der Waals surface area contributed by atoms with Crippen LogP contribution in [-0.4, -0.2) is 24.7 Å². The van der Waals surface area contributed by atoms with Gasteiger partial charge in [-0.3, -0.25) is 4.98 Å². The molecule has 0 radical (unpaired) electrons. The Morgan fingerprint density at radius 3 is 2.89 bits per heavy atom. The van der Waals surface area contributed by atoms with Gasteiger partial charge in [0.2, 0.25) is 0 Å². The van der Waals surface area contributed by atoms with Crippen LogP contribution in [0.1, 0.15) is 5.69 Å². The van der Waals surface area contributed by atoms with Crippen molar-refractivity contribution in [3.63, 3.8) is 0 Å². The normalized spacial score (nSPS) is 10.4. The lowest BCUT2D eigenvalue weighted by Crippen LogP contribution is -2.12. The van der Waals surface area contributed by atoms with Gasteiger partial charge in [-0.05, 0) is 25.1 Å². The first-order valence-corrected chi connectivity index (χ1v) is 5.74. The van der Waals surface area contributed by atoms with Crippen LogP contribution < -0.4 is 4.74 Å². The van der Waals surface area contributed by atoms with Gasteiger partial charge in [-0.25, -0.2) is 4.79 Å². The molecule has 4 nitrogen and oxygen atoms in total. The van der Waals surface area contributed by atoms with Gasteiger partial charge in [0.1, 0.15) is 5.75 Å². The Balaban J connectivity index is 2.39. The molecule has 18 heavy (non-hydrogen) atoms. The number of benzene rings is 1. The molecule has 1 aromatic carbocycles. The standard InChI is InChI=1S/C13H12ClNO3/c1-8-5-12(18-7-13(16)17-2)10-4-3-9(14)6-11(10)15-8/h3-6H,7H2,1-2H3. The fourth-order valence-corrected chi connectivity index (χ4v) is 1.78. The van der Waals surface area contributed by atoms with E-state index in [0.29, 0.717) is 10.8 Å². The molecule has 94 valence electrons. The number of carbonyl (C=O) groups excluding carboxylic acids is 1. The number of halogens is 1. The molecule has 0 aliphatic carbocycles. The number of carbonyl (C=O) groups is 1. The smallest absolute Gasteiger partial charge is 0.343 e. The molecule has 5 heteroatoms. The number of hydrogen-bond donors (Lipinski definition) is 0. The largest absolute Gasteiger partial charge is 0.481 e. The van der Waals surface area contributed by atoms with Gasteiger partial charge in [-0.1, -0.05) is 11.6 Å². The number of ether oxygens (including phenoxy) is 2. The van der Waals surface area contributed by atoms with Crippen LogP contribution in [0.5, 0.6) is 5.75 Å². The summed E-state index contributed by atoms with van der Waals surface area (Å²) in [6, 6.07) is 7.11. The molecule has 0 bridgehead atoms. The average molecular weight is 266 g/mol. The van der Waals surface area contributed by atoms with Crippen molar-refractivity contribution in [2.45, 2.75) is 6.92 Å². The molecule has 0 amide bonds. The summed E-state index contributed by atoms with van der Waals surface area (Å²) in [5.74, 6) is 0.172. The van der Waals surface area contributed by atoms with Crippen molar-refractivity contribution in [1.82, 2.24) is 4.98 Å². The molecule has 2 rings (SSSR count). The Hall–Kier alpha value is -1.81. The van der Waals surface area contributed by atoms with Crippen LogP contribution >= 0.6 is 11.6 Å². The van der Waals surface area contributed by atoms with Gasteiger partial charge >= 0.3 is 5.97 Å². The molecule has 0 aliphatic heterocycles. The van der Waals surface area contributed by atoms with Crippen LogP contribution in [0.3, 0.4) is 0 Å². The number of pyridine rings is 1. The lowest BCUT2D eigenvalue weighted by molar-refractivity contribution is -0.142. The molecular weight excluding hydrogens is 254 g/mol. The van der Waals surface area contributed by atoms with E-state index in [-0.39, 0.29) is 6.61 Å². The molecule has 0 saturated carbocycles. The Morgan fingerprint density at radius 2 is 2.17 bits per heavy atom. The number of rotatable bonds is 3. The fraction of sp³-hybridized carbons (Fsp3) is 0.231. The third-order valence-corrected chi connectivity index (χ3v) is 2.67. The molecule has 1 aromatic heterocycles. The maximum absolute atomic E-state index is 11.1. The number of nitrogens with zero attached hydrogens (tertiary/aromatic N) is 1. The van der Waals surface area contributed by atoms with Gasteiger partial charge in [-0.2, -0.15) is 0 Å². The summed E-state index contributed by atoms with van der Waals surface area (Å²) in [5.41, 5.74) is 1.53. The number of aromatic nitrogens is 1. The van der Waals surface area contributed by atoms with E-state index in [4.69, 9.17) is 16.3 Å². The van der Waals surface area contributed by atoms with E-state index in [9.17, 15) is 4.79 Å². The van der Waals surface area contributed by atoms with E-state index >= 15 is 0 Å². The summed E-state index contributed by atoms with van der Waals surface area (Å²) in [7, 11) is 1.32. The van der Waals surface area contributed by atoms with Crippen LogP contribution in [0.2, 0.25) is 5.02 Å². The van der Waals surface area contributed by atoms with Gasteiger partial charge < -0.3 is 9.47 Å². The summed E-state index contributed by atoms with van der Waals surface area (Å²) in [6.45, 7) is 1.73. The summed E-state index contributed by atoms with van der Waals surface area (Å²) < 4.78 is 9.97. The number of esters is 1. The van der Waals surface area contributed by atoms with Crippen LogP contribution in [0.4, 0.5) is 0 Å². The highest BCUT2D eigenvalue weighted by Gasteiger charge is 2.08. The summed E-state index contributed by atoms with van der Waals surface area (Å²) in [4.78, 5) is 15.4. The zero-order valence-corrected chi connectivity index (χ0v) is 10.8. The molecule has 2 aromatic rings. The van der Waals surface area contributed by atoms with E-state index < -0.39 is 5.97 Å². The highest BCUT2D eigenvalue weighted by molar-refractivity contribution is 6.31. The zero-order valence-electron chi connectivity index (χ0n) is 10.1. The third-order valence-electron chi connectivity index (χ3n) is 2.44. The van der Waals surface area contributed by atoms with Crippen molar-refractivity contribution in [3.8, 4) is 5.75 Å². The second-order valence-corrected chi connectivity index (χ2v) is 4.22. The quantitative estimate of drug-likeness (QED) is 0.801. The van der Waals surface area contributed by atoms with E-state index in [1.54, 1.807) is 18.2 Å². The lowest BCUT2D eigenvalue weighted by atomic mass is 10.2. The first-order valence-electron chi connectivity index (χ1n) is 5.36. The SMILES string of the molecule is COC(=O)COc1cc(C)nc2cc(Cl)ccc12. The van der Waals surface area contributed by atoms with Gasteiger partial charge in [0.15, 0.2) is 6.61 Å². The molecule has 1 heterocycles. The van der Waals surface area contributed by atoms with E-state index in [2.05, 4.69) is 9.72 Å². The number of fused-ring (bicyclic) bond motifs is 1. The van der Waals surface area contributed by atoms with Crippen molar-refractivity contribution in [3.05, 3.63) is 35.0 Å². The molecule has 0 aliphatic rings. The zero-order chi connectivity index (χ0) is 13.1. The van der Waals surface area contributed by atoms with Crippen LogP contribution in [0.25, 0.3) is 10.9 Å². The maximum Gasteiger partial charge on any atom is 0.343 e. The van der Waals surface area contributed by atoms with Crippen LogP contribution in [0, 0.1) is 6.92 Å². The number of hydrogen-bond acceptors (Lipinski definition) is 4. The van der Waals surface area contributed by atoms with Crippen LogP contribution in [-0.2, 0) is 9.53 Å². The Bertz CT molecular complexity index is 593. The number of aryl methyl sites for hydroxylation is 1. The molecule has 0 unspecified atom stereocenters. The van der Waals surface area contributed by atoms with Crippen LogP contribution in [0.15, 0.2) is 24.3 Å². The molecule has 0 atom stereocenters. The topological polar surface area (TPSA) is 48.4 Å². The van der Waals surface area contributed by atoms with Crippen molar-refractivity contribution in [2.75, 3.05) is 13.7 Å². The lowest BCUT2D eigenvalue weighted by Gasteiger charge is -2.09. The van der Waals surface area contributed by atoms with E-state index in [1.165, 1.54) is 7.11 Å². The highest BCUT2D eigenvalue weighted by Crippen LogP contribution is 2.27. The molecule has 0 N–H and O–H groups in total. The number of methoxy groups -OCH3 is 1. The minimum absolute atomic E-state index is 0.127. The minimum Gasteiger partial charge on any atom is -0.481 e. The van der Waals surface area contributed by atoms with Gasteiger partial charge in [0.25, 0.3) is 0 Å². The van der Waals surface area contributed by atoms with Crippen molar-refractivity contribution >= 4 is 28.5 Å². The molecule has 0 saturated heterocycles. The minimum atomic E-state index is -0.424. The summed E-state index contributed by atoms with van der Waals surface area (Å²) >= 11 is 5.92. The Morgan fingerprint density at radius 1 is 1.39 bits per heavy atom. The molecule has 0 spiro atoms. The third kappa shape index (κ3) is 2.71. The van der Waals surface area contributed by atoms with Gasteiger partial charge in [0.05, 0.1) is 12.6 Å². The first kappa shape index (κ1) is 12.6. The summed E-state index contributed by atoms with van der Waals surface area (Å²) in [5, 5.41) is 1.42. The van der Waals surface area contributed by atoms with Crippen molar-refractivity contribution in [1.29, 1.82) is 0 Å². The Labute approximate surface area is 109 Å². The van der Waals surface area contributed by atoms with E-state index in [0.717, 1.165) is 16.6 Å². The van der Waals surface area contributed by atoms with E-state index in [1.807, 2.05) is 13.0 Å². The van der Waals surface area contributed by atoms with Gasteiger partial charge in [0, 0.05) is 22.2 Å². The second kappa shape index (κ2) is 5.23. The van der Waals surface area contributed by atoms with Crippen molar-refractivity contribution < 1.29 is 14.3 Å².